The van der Waals surface area contributed by atoms with Gasteiger partial charge in [-0.3, -0.25) is 9.59 Å². The van der Waals surface area contributed by atoms with Crippen LogP contribution in [-0.4, -0.2) is 36.1 Å². The monoisotopic (exact) mass is 409 g/mol. The molecule has 4 N–H and O–H groups in total. The minimum Gasteiger partial charge on any atom is -0.480 e. The van der Waals surface area contributed by atoms with E-state index in [1.54, 1.807) is 12.1 Å². The molecule has 2 aromatic rings. The number of carbonyl (C=O) groups is 2. The Hall–Kier alpha value is -2.12. The molecule has 0 aliphatic rings. The molecule has 1 atom stereocenters. The van der Waals surface area contributed by atoms with E-state index in [9.17, 15) is 14.7 Å². The molecule has 27 heavy (non-hydrogen) atoms. The maximum absolute atomic E-state index is 12.1. The summed E-state index contributed by atoms with van der Waals surface area (Å²) in [5, 5.41) is 18.7. The summed E-state index contributed by atoms with van der Waals surface area (Å²) in [4.78, 5) is 23.5. The summed E-state index contributed by atoms with van der Waals surface area (Å²) in [6.07, 6.45) is -0.200. The summed E-state index contributed by atoms with van der Waals surface area (Å²) < 4.78 is 0. The number of nitrogens with one attached hydrogen (secondary N) is 3. The number of aliphatic carboxylic acids is 1. The van der Waals surface area contributed by atoms with Gasteiger partial charge in [0, 0.05) is 25.3 Å². The number of carboxylic acid groups (broad SMARTS) is 1. The Morgan fingerprint density at radius 1 is 1.00 bits per heavy atom. The van der Waals surface area contributed by atoms with E-state index >= 15 is 0 Å². The van der Waals surface area contributed by atoms with Gasteiger partial charge in [-0.2, -0.15) is 0 Å². The van der Waals surface area contributed by atoms with Gasteiger partial charge in [0.15, 0.2) is 0 Å². The number of rotatable bonds is 10. The zero-order valence-electron chi connectivity index (χ0n) is 14.5. The van der Waals surface area contributed by atoms with Crippen LogP contribution in [0.25, 0.3) is 0 Å². The molecule has 8 heteroatoms. The molecule has 0 aliphatic heterocycles. The van der Waals surface area contributed by atoms with Gasteiger partial charge in [-0.25, -0.2) is 0 Å². The van der Waals surface area contributed by atoms with Crippen LogP contribution in [0.3, 0.4) is 0 Å². The maximum atomic E-state index is 12.1. The van der Waals surface area contributed by atoms with Crippen molar-refractivity contribution >= 4 is 40.8 Å². The molecule has 1 amide bonds. The smallest absolute Gasteiger partial charge is 0.321 e. The zero-order chi connectivity index (χ0) is 19.6. The van der Waals surface area contributed by atoms with Crippen LogP contribution in [0.4, 0.5) is 5.69 Å². The summed E-state index contributed by atoms with van der Waals surface area (Å²) in [7, 11) is 0. The Kier molecular flexibility index (Phi) is 8.54. The van der Waals surface area contributed by atoms with E-state index in [0.29, 0.717) is 35.4 Å². The third-order valence-corrected chi connectivity index (χ3v) is 4.49. The standard InChI is InChI=1S/C19H21Cl2N3O3/c20-15-7-6-14(10-16(15)21)24-18(25)11-17(19(26)27)23-9-8-22-12-13-4-2-1-3-5-13/h1-7,10,17,22-23H,8-9,11-12H2,(H,24,25)(H,26,27)/t17-/m1/s1. The summed E-state index contributed by atoms with van der Waals surface area (Å²) in [6, 6.07) is 13.6. The van der Waals surface area contributed by atoms with Gasteiger partial charge in [-0.05, 0) is 23.8 Å². The van der Waals surface area contributed by atoms with Crippen LogP contribution in [0, 0.1) is 0 Å². The fourth-order valence-electron chi connectivity index (χ4n) is 2.38. The van der Waals surface area contributed by atoms with Gasteiger partial charge in [0.25, 0.3) is 0 Å². The third kappa shape index (κ3) is 7.56. The van der Waals surface area contributed by atoms with Gasteiger partial charge >= 0.3 is 5.97 Å². The zero-order valence-corrected chi connectivity index (χ0v) is 16.1. The average molecular weight is 410 g/mol. The SMILES string of the molecule is O=C(C[C@@H](NCCNCc1ccccc1)C(=O)O)Nc1ccc(Cl)c(Cl)c1. The minimum atomic E-state index is -1.08. The lowest BCUT2D eigenvalue weighted by molar-refractivity contribution is -0.141. The second-order valence-electron chi connectivity index (χ2n) is 5.89. The first-order chi connectivity index (χ1) is 13.0. The number of amides is 1. The Morgan fingerprint density at radius 3 is 2.41 bits per heavy atom. The number of carboxylic acids is 1. The molecule has 0 unspecified atom stereocenters. The molecule has 0 aromatic heterocycles. The van der Waals surface area contributed by atoms with Crippen molar-refractivity contribution in [3.05, 3.63) is 64.1 Å². The van der Waals surface area contributed by atoms with Gasteiger partial charge in [-0.1, -0.05) is 53.5 Å². The van der Waals surface area contributed by atoms with Crippen molar-refractivity contribution in [3.8, 4) is 0 Å². The summed E-state index contributed by atoms with van der Waals surface area (Å²) >= 11 is 11.7. The predicted molar refractivity (Wildman–Crippen MR) is 107 cm³/mol. The molecular formula is C19H21Cl2N3O3. The summed E-state index contributed by atoms with van der Waals surface area (Å²) in [5.41, 5.74) is 1.61. The molecule has 0 aliphatic carbocycles. The number of hydrogen-bond acceptors (Lipinski definition) is 4. The Labute approximate surface area is 167 Å². The number of halogens is 2. The Bertz CT molecular complexity index is 772. The van der Waals surface area contributed by atoms with Crippen LogP contribution in [0.15, 0.2) is 48.5 Å². The quantitative estimate of drug-likeness (QED) is 0.452. The van der Waals surface area contributed by atoms with Crippen molar-refractivity contribution in [3.63, 3.8) is 0 Å². The number of hydrogen-bond donors (Lipinski definition) is 4. The molecule has 2 rings (SSSR count). The van der Waals surface area contributed by atoms with E-state index in [-0.39, 0.29) is 6.42 Å². The first kappa shape index (κ1) is 21.2. The number of carbonyl (C=O) groups excluding carboxylic acids is 1. The lowest BCUT2D eigenvalue weighted by atomic mass is 10.2. The molecule has 0 heterocycles. The molecule has 6 nitrogen and oxygen atoms in total. The molecule has 0 saturated heterocycles. The molecule has 0 radical (unpaired) electrons. The van der Waals surface area contributed by atoms with E-state index in [2.05, 4.69) is 16.0 Å². The lowest BCUT2D eigenvalue weighted by Gasteiger charge is -2.15. The van der Waals surface area contributed by atoms with E-state index in [1.807, 2.05) is 30.3 Å². The molecular weight excluding hydrogens is 389 g/mol. The van der Waals surface area contributed by atoms with Crippen LogP contribution in [-0.2, 0) is 16.1 Å². The second-order valence-corrected chi connectivity index (χ2v) is 6.70. The van der Waals surface area contributed by atoms with Crippen molar-refractivity contribution in [2.45, 2.75) is 19.0 Å². The first-order valence-corrected chi connectivity index (χ1v) is 9.17. The van der Waals surface area contributed by atoms with Gasteiger partial charge in [0.1, 0.15) is 6.04 Å². The normalized spacial score (nSPS) is 11.8. The fraction of sp³-hybridized carbons (Fsp3) is 0.263. The molecule has 144 valence electrons. The molecule has 0 spiro atoms. The lowest BCUT2D eigenvalue weighted by Crippen LogP contribution is -2.42. The third-order valence-electron chi connectivity index (χ3n) is 3.76. The fourth-order valence-corrected chi connectivity index (χ4v) is 2.68. The minimum absolute atomic E-state index is 0.200. The van der Waals surface area contributed by atoms with Crippen LogP contribution in [0.5, 0.6) is 0 Å². The highest BCUT2D eigenvalue weighted by Crippen LogP contribution is 2.25. The number of anilines is 1. The van der Waals surface area contributed by atoms with E-state index < -0.39 is 17.9 Å². The van der Waals surface area contributed by atoms with Crippen LogP contribution in [0.1, 0.15) is 12.0 Å². The molecule has 0 bridgehead atoms. The predicted octanol–water partition coefficient (Wildman–Crippen LogP) is 3.15. The van der Waals surface area contributed by atoms with Crippen molar-refractivity contribution in [2.24, 2.45) is 0 Å². The van der Waals surface area contributed by atoms with E-state index in [4.69, 9.17) is 23.2 Å². The van der Waals surface area contributed by atoms with Crippen molar-refractivity contribution < 1.29 is 14.7 Å². The van der Waals surface area contributed by atoms with Gasteiger partial charge in [-0.15, -0.1) is 0 Å². The van der Waals surface area contributed by atoms with Crippen LogP contribution in [0.2, 0.25) is 10.0 Å². The van der Waals surface area contributed by atoms with Crippen molar-refractivity contribution in [1.29, 1.82) is 0 Å². The first-order valence-electron chi connectivity index (χ1n) is 8.41. The number of benzene rings is 2. The highest BCUT2D eigenvalue weighted by molar-refractivity contribution is 6.42. The van der Waals surface area contributed by atoms with Gasteiger partial charge in [0.2, 0.25) is 5.91 Å². The van der Waals surface area contributed by atoms with Crippen molar-refractivity contribution in [1.82, 2.24) is 10.6 Å². The summed E-state index contributed by atoms with van der Waals surface area (Å²) in [6.45, 7) is 1.69. The van der Waals surface area contributed by atoms with Gasteiger partial charge in [0.05, 0.1) is 16.5 Å². The van der Waals surface area contributed by atoms with Crippen molar-refractivity contribution in [2.75, 3.05) is 18.4 Å². The molecule has 0 saturated carbocycles. The Morgan fingerprint density at radius 2 is 1.74 bits per heavy atom. The van der Waals surface area contributed by atoms with E-state index in [0.717, 1.165) is 5.56 Å². The average Bonchev–Trinajstić information content (AvgIpc) is 2.64. The van der Waals surface area contributed by atoms with E-state index in [1.165, 1.54) is 6.07 Å². The molecule has 0 fully saturated rings. The maximum Gasteiger partial charge on any atom is 0.321 e. The second kappa shape index (κ2) is 10.9. The Balaban J connectivity index is 1.74. The summed E-state index contributed by atoms with van der Waals surface area (Å²) in [5.74, 6) is -1.51. The molecule has 2 aromatic carbocycles. The highest BCUT2D eigenvalue weighted by Gasteiger charge is 2.20. The van der Waals surface area contributed by atoms with Crippen LogP contribution < -0.4 is 16.0 Å². The van der Waals surface area contributed by atoms with Crippen LogP contribution >= 0.6 is 23.2 Å². The van der Waals surface area contributed by atoms with Gasteiger partial charge < -0.3 is 21.1 Å². The topological polar surface area (TPSA) is 90.5 Å². The largest absolute Gasteiger partial charge is 0.480 e. The highest BCUT2D eigenvalue weighted by atomic mass is 35.5.